The van der Waals surface area contributed by atoms with Crippen molar-refractivity contribution in [3.8, 4) is 0 Å². The molecule has 5 nitrogen and oxygen atoms in total. The highest BCUT2D eigenvalue weighted by molar-refractivity contribution is 5.95. The van der Waals surface area contributed by atoms with Gasteiger partial charge < -0.3 is 15.5 Å². The maximum Gasteiger partial charge on any atom is 0.257 e. The van der Waals surface area contributed by atoms with Crippen LogP contribution in [-0.2, 0) is 0 Å². The predicted molar refractivity (Wildman–Crippen MR) is 75.8 cm³/mol. The van der Waals surface area contributed by atoms with E-state index in [0.717, 1.165) is 25.9 Å². The van der Waals surface area contributed by atoms with Crippen molar-refractivity contribution in [3.63, 3.8) is 0 Å². The van der Waals surface area contributed by atoms with Crippen LogP contribution in [-0.4, -0.2) is 53.4 Å². The van der Waals surface area contributed by atoms with Crippen LogP contribution in [0.5, 0.6) is 0 Å². The number of rotatable bonds is 2. The molecule has 1 aliphatic rings. The summed E-state index contributed by atoms with van der Waals surface area (Å²) in [5.74, 6) is -1.24. The van der Waals surface area contributed by atoms with Crippen LogP contribution in [0.4, 0.5) is 10.2 Å². The number of pyridine rings is 1. The number of carbonyl (C=O) groups is 1. The zero-order valence-corrected chi connectivity index (χ0v) is 12.0. The first kappa shape index (κ1) is 14.7. The molecule has 110 valence electrons. The summed E-state index contributed by atoms with van der Waals surface area (Å²) < 4.78 is 14.0. The van der Waals surface area contributed by atoms with Gasteiger partial charge in [-0.2, -0.15) is 0 Å². The first-order valence-electron chi connectivity index (χ1n) is 6.94. The Labute approximate surface area is 118 Å². The quantitative estimate of drug-likeness (QED) is 0.888. The number of aromatic nitrogens is 1. The standard InChI is InChI=1S/C14H21FN4O/c1-3-10-9-18(2)7-4-8-19(10)14(20)11-5-6-17-13(16)12(11)15/h5-6,10H,3-4,7-9H2,1-2H3,(H2,16,17). The lowest BCUT2D eigenvalue weighted by atomic mass is 10.1. The molecule has 1 aromatic heterocycles. The first-order valence-corrected chi connectivity index (χ1v) is 6.94. The molecule has 0 saturated carbocycles. The van der Waals surface area contributed by atoms with Gasteiger partial charge in [-0.15, -0.1) is 0 Å². The SMILES string of the molecule is CCC1CN(C)CCCN1C(=O)c1ccnc(N)c1F. The Morgan fingerprint density at radius 1 is 1.55 bits per heavy atom. The summed E-state index contributed by atoms with van der Waals surface area (Å²) in [7, 11) is 2.04. The molecule has 2 N–H and O–H groups in total. The molecule has 0 aromatic carbocycles. The van der Waals surface area contributed by atoms with Gasteiger partial charge in [0.1, 0.15) is 0 Å². The number of likely N-dealkylation sites (N-methyl/N-ethyl adjacent to an activating group) is 1. The number of nitrogen functional groups attached to an aromatic ring is 1. The zero-order chi connectivity index (χ0) is 14.7. The number of anilines is 1. The van der Waals surface area contributed by atoms with Crippen LogP contribution >= 0.6 is 0 Å². The molecule has 1 aromatic rings. The van der Waals surface area contributed by atoms with Crippen LogP contribution in [0.2, 0.25) is 0 Å². The molecule has 1 saturated heterocycles. The van der Waals surface area contributed by atoms with E-state index in [-0.39, 0.29) is 23.3 Å². The molecule has 0 bridgehead atoms. The van der Waals surface area contributed by atoms with E-state index in [1.165, 1.54) is 12.3 Å². The normalized spacial score (nSPS) is 20.8. The van der Waals surface area contributed by atoms with Crippen LogP contribution in [0.15, 0.2) is 12.3 Å². The Balaban J connectivity index is 2.28. The third-order valence-electron chi connectivity index (χ3n) is 3.78. The number of nitrogens with two attached hydrogens (primary N) is 1. The van der Waals surface area contributed by atoms with Crippen molar-refractivity contribution < 1.29 is 9.18 Å². The molecule has 1 amide bonds. The number of amides is 1. The first-order chi connectivity index (χ1) is 9.54. The summed E-state index contributed by atoms with van der Waals surface area (Å²) in [6.07, 6.45) is 3.11. The van der Waals surface area contributed by atoms with Gasteiger partial charge in [-0.05, 0) is 32.5 Å². The average molecular weight is 280 g/mol. The maximum atomic E-state index is 14.0. The summed E-state index contributed by atoms with van der Waals surface area (Å²) >= 11 is 0. The fraction of sp³-hybridized carbons (Fsp3) is 0.571. The molecule has 0 spiro atoms. The Bertz CT molecular complexity index is 494. The van der Waals surface area contributed by atoms with Crippen molar-refractivity contribution in [1.29, 1.82) is 0 Å². The van der Waals surface area contributed by atoms with Crippen LogP contribution in [0, 0.1) is 5.82 Å². The van der Waals surface area contributed by atoms with Crippen molar-refractivity contribution >= 4 is 11.7 Å². The molecule has 2 heterocycles. The van der Waals surface area contributed by atoms with Gasteiger partial charge in [0.2, 0.25) is 0 Å². The molecule has 0 aliphatic carbocycles. The van der Waals surface area contributed by atoms with Gasteiger partial charge in [0.25, 0.3) is 5.91 Å². The second-order valence-electron chi connectivity index (χ2n) is 5.23. The Morgan fingerprint density at radius 2 is 2.30 bits per heavy atom. The molecular weight excluding hydrogens is 259 g/mol. The lowest BCUT2D eigenvalue weighted by Crippen LogP contribution is -2.43. The Kier molecular flexibility index (Phi) is 4.54. The topological polar surface area (TPSA) is 62.5 Å². The minimum Gasteiger partial charge on any atom is -0.381 e. The summed E-state index contributed by atoms with van der Waals surface area (Å²) in [4.78, 5) is 20.2. The van der Waals surface area contributed by atoms with Crippen molar-refractivity contribution in [2.75, 3.05) is 32.4 Å². The molecule has 1 aliphatic heterocycles. The summed E-state index contributed by atoms with van der Waals surface area (Å²) in [6.45, 7) is 4.44. The van der Waals surface area contributed by atoms with E-state index in [4.69, 9.17) is 5.73 Å². The van der Waals surface area contributed by atoms with Crippen molar-refractivity contribution in [2.45, 2.75) is 25.8 Å². The van der Waals surface area contributed by atoms with E-state index in [9.17, 15) is 9.18 Å². The fourth-order valence-corrected chi connectivity index (χ4v) is 2.64. The van der Waals surface area contributed by atoms with E-state index in [2.05, 4.69) is 9.88 Å². The van der Waals surface area contributed by atoms with Crippen LogP contribution in [0.3, 0.4) is 0 Å². The number of nitrogens with zero attached hydrogens (tertiary/aromatic N) is 3. The number of halogens is 1. The third-order valence-corrected chi connectivity index (χ3v) is 3.78. The average Bonchev–Trinajstić information content (AvgIpc) is 2.62. The smallest absolute Gasteiger partial charge is 0.257 e. The zero-order valence-electron chi connectivity index (χ0n) is 12.0. The largest absolute Gasteiger partial charge is 0.381 e. The summed E-state index contributed by atoms with van der Waals surface area (Å²) in [5.41, 5.74) is 5.46. The van der Waals surface area contributed by atoms with E-state index < -0.39 is 5.82 Å². The molecule has 1 fully saturated rings. The lowest BCUT2D eigenvalue weighted by Gasteiger charge is -2.30. The van der Waals surface area contributed by atoms with Gasteiger partial charge in [-0.3, -0.25) is 4.79 Å². The molecular formula is C14H21FN4O. The van der Waals surface area contributed by atoms with Gasteiger partial charge in [0.15, 0.2) is 11.6 Å². The van der Waals surface area contributed by atoms with Crippen molar-refractivity contribution in [3.05, 3.63) is 23.6 Å². The van der Waals surface area contributed by atoms with Crippen molar-refractivity contribution in [1.82, 2.24) is 14.8 Å². The van der Waals surface area contributed by atoms with Crippen LogP contribution in [0.25, 0.3) is 0 Å². The van der Waals surface area contributed by atoms with Gasteiger partial charge >= 0.3 is 0 Å². The molecule has 1 unspecified atom stereocenters. The minimum absolute atomic E-state index is 0.0144. The maximum absolute atomic E-state index is 14.0. The van der Waals surface area contributed by atoms with Crippen LogP contribution in [0.1, 0.15) is 30.1 Å². The lowest BCUT2D eigenvalue weighted by molar-refractivity contribution is 0.0671. The minimum atomic E-state index is -0.718. The summed E-state index contributed by atoms with van der Waals surface area (Å²) in [5, 5.41) is 0. The highest BCUT2D eigenvalue weighted by Crippen LogP contribution is 2.19. The van der Waals surface area contributed by atoms with Gasteiger partial charge in [0.05, 0.1) is 5.56 Å². The fourth-order valence-electron chi connectivity index (χ4n) is 2.64. The highest BCUT2D eigenvalue weighted by atomic mass is 19.1. The highest BCUT2D eigenvalue weighted by Gasteiger charge is 2.28. The van der Waals surface area contributed by atoms with Crippen molar-refractivity contribution in [2.24, 2.45) is 0 Å². The van der Waals surface area contributed by atoms with Gasteiger partial charge in [-0.1, -0.05) is 6.92 Å². The second kappa shape index (κ2) is 6.17. The Hall–Kier alpha value is -1.69. The number of hydrogen-bond donors (Lipinski definition) is 1. The Morgan fingerprint density at radius 3 is 3.00 bits per heavy atom. The summed E-state index contributed by atoms with van der Waals surface area (Å²) in [6, 6.07) is 1.50. The monoisotopic (exact) mass is 280 g/mol. The molecule has 6 heteroatoms. The molecule has 2 rings (SSSR count). The molecule has 0 radical (unpaired) electrons. The van der Waals surface area contributed by atoms with Crippen LogP contribution < -0.4 is 5.73 Å². The number of hydrogen-bond acceptors (Lipinski definition) is 4. The van der Waals surface area contributed by atoms with E-state index in [1.807, 2.05) is 14.0 Å². The van der Waals surface area contributed by atoms with Gasteiger partial charge in [0, 0.05) is 25.3 Å². The van der Waals surface area contributed by atoms with Gasteiger partial charge in [-0.25, -0.2) is 9.37 Å². The second-order valence-corrected chi connectivity index (χ2v) is 5.23. The predicted octanol–water partition coefficient (Wildman–Crippen LogP) is 1.36. The molecule has 20 heavy (non-hydrogen) atoms. The van der Waals surface area contributed by atoms with E-state index in [0.29, 0.717) is 6.54 Å². The van der Waals surface area contributed by atoms with E-state index in [1.54, 1.807) is 4.90 Å². The third kappa shape index (κ3) is 2.90. The number of carbonyl (C=O) groups excluding carboxylic acids is 1. The molecule has 1 atom stereocenters. The van der Waals surface area contributed by atoms with E-state index >= 15 is 0 Å².